The molecule has 0 rings (SSSR count). The molecule has 0 aliphatic carbocycles. The third-order valence-electron chi connectivity index (χ3n) is 16.7. The van der Waals surface area contributed by atoms with Gasteiger partial charge in [0, 0.05) is 12.8 Å². The molecule has 2 N–H and O–H groups in total. The van der Waals surface area contributed by atoms with E-state index >= 15 is 0 Å². The second-order valence-corrected chi connectivity index (χ2v) is 27.9. The zero-order valence-corrected chi connectivity index (χ0v) is 59.2. The summed E-state index contributed by atoms with van der Waals surface area (Å²) in [7, 11) is 1.49. The van der Waals surface area contributed by atoms with Crippen LogP contribution in [0.15, 0.2) is 72.9 Å². The van der Waals surface area contributed by atoms with Crippen LogP contribution in [0.2, 0.25) is 0 Å². The molecule has 87 heavy (non-hydrogen) atoms. The quantitative estimate of drug-likeness (QED) is 0.0205. The SMILES string of the molecule is CC/C=C\C/C=C\C/C=C\C/C=C\C/C=C\CCCCCCCC(=O)OC(/C=C/CCCCCCCCCCCCC)C(COP(=O)(O)OCC[N+](C)(C)C)NC(=O)CCCCCCCCCCCCCCCCCCCCCCCCCCCCC. The highest BCUT2D eigenvalue weighted by Gasteiger charge is 2.30. The van der Waals surface area contributed by atoms with Gasteiger partial charge in [-0.05, 0) is 76.7 Å². The Kier molecular flexibility index (Phi) is 64.4. The smallest absolute Gasteiger partial charge is 0.456 e. The number of rotatable bonds is 68. The van der Waals surface area contributed by atoms with Gasteiger partial charge < -0.3 is 19.4 Å². The summed E-state index contributed by atoms with van der Waals surface area (Å²) in [5, 5.41) is 3.08. The number of carbonyl (C=O) groups is 2. The minimum atomic E-state index is -4.46. The van der Waals surface area contributed by atoms with E-state index < -0.39 is 20.0 Å². The monoisotopic (exact) mass is 1240 g/mol. The average Bonchev–Trinajstić information content (AvgIpc) is 3.70. The van der Waals surface area contributed by atoms with Crippen LogP contribution in [0.25, 0.3) is 0 Å². The average molecular weight is 1240 g/mol. The van der Waals surface area contributed by atoms with Crippen LogP contribution < -0.4 is 5.32 Å². The molecule has 10 heteroatoms. The van der Waals surface area contributed by atoms with Crippen LogP contribution in [0.1, 0.15) is 355 Å². The highest BCUT2D eigenvalue weighted by atomic mass is 31.2. The van der Waals surface area contributed by atoms with Crippen molar-refractivity contribution in [2.45, 2.75) is 367 Å². The number of hydrogen-bond acceptors (Lipinski definition) is 6. The van der Waals surface area contributed by atoms with Crippen molar-refractivity contribution in [3.63, 3.8) is 0 Å². The fourth-order valence-corrected chi connectivity index (χ4v) is 11.7. The van der Waals surface area contributed by atoms with Crippen LogP contribution in [0, 0.1) is 0 Å². The molecule has 0 aromatic heterocycles. The molecule has 0 saturated carbocycles. The predicted molar refractivity (Wildman–Crippen MR) is 378 cm³/mol. The standard InChI is InChI=1S/C77H143N2O7P/c1-7-10-13-16-19-22-25-28-30-32-34-36-37-38-39-40-41-43-44-46-48-51-54-57-60-63-66-69-76(80)78-74(73-85-87(82,83)84-72-71-79(4,5)6)75(68-65-62-59-56-53-50-27-24-21-18-15-12-9-3)86-77(81)70-67-64-61-58-55-52-49-47-45-42-35-33-31-29-26-23-20-17-14-11-8-2/h11,14,20,23,29,31,35,42,47,49,65,68,74-75H,7-10,12-13,15-19,21-22,24-28,30,32-34,36-41,43-46,48,50-64,66-67,69-73H2,1-6H3,(H-,78,80,82,83)/p+1/b14-11-,23-20-,31-29-,42-35-,49-47-,68-65+. The summed E-state index contributed by atoms with van der Waals surface area (Å²) in [6.45, 7) is 6.94. The third-order valence-corrected chi connectivity index (χ3v) is 17.6. The fourth-order valence-electron chi connectivity index (χ4n) is 11.0. The Balaban J connectivity index is 5.04. The van der Waals surface area contributed by atoms with Gasteiger partial charge in [-0.25, -0.2) is 4.57 Å². The van der Waals surface area contributed by atoms with Crippen LogP contribution in [0.4, 0.5) is 0 Å². The molecule has 0 bridgehead atoms. The maximum absolute atomic E-state index is 13.6. The first-order valence-corrected chi connectivity index (χ1v) is 38.8. The molecule has 0 aromatic rings. The molecule has 0 aliphatic rings. The molecule has 0 fully saturated rings. The molecule has 0 aromatic carbocycles. The van der Waals surface area contributed by atoms with Gasteiger partial charge in [0.25, 0.3) is 0 Å². The number of carbonyl (C=O) groups excluding carboxylic acids is 2. The Morgan fingerprint density at radius 1 is 0.414 bits per heavy atom. The summed E-state index contributed by atoms with van der Waals surface area (Å²) < 4.78 is 30.9. The fraction of sp³-hybridized carbons (Fsp3) is 0.818. The van der Waals surface area contributed by atoms with Crippen LogP contribution in [-0.2, 0) is 27.9 Å². The van der Waals surface area contributed by atoms with E-state index in [1.54, 1.807) is 0 Å². The van der Waals surface area contributed by atoms with Crippen molar-refractivity contribution in [2.75, 3.05) is 40.9 Å². The number of phosphoric ester groups is 1. The van der Waals surface area contributed by atoms with Crippen LogP contribution in [0.3, 0.4) is 0 Å². The summed E-state index contributed by atoms with van der Waals surface area (Å²) >= 11 is 0. The van der Waals surface area contributed by atoms with Crippen molar-refractivity contribution in [3.05, 3.63) is 72.9 Å². The second-order valence-electron chi connectivity index (χ2n) is 26.4. The summed E-state index contributed by atoms with van der Waals surface area (Å²) in [6, 6.07) is -0.859. The number of nitrogens with zero attached hydrogens (tertiary/aromatic N) is 1. The lowest BCUT2D eigenvalue weighted by molar-refractivity contribution is -0.870. The molecule has 9 nitrogen and oxygen atoms in total. The number of amides is 1. The molecule has 0 radical (unpaired) electrons. The molecule has 0 saturated heterocycles. The minimum absolute atomic E-state index is 0.0363. The lowest BCUT2D eigenvalue weighted by Gasteiger charge is -2.27. The zero-order chi connectivity index (χ0) is 63.5. The van der Waals surface area contributed by atoms with Crippen molar-refractivity contribution in [1.29, 1.82) is 0 Å². The highest BCUT2D eigenvalue weighted by molar-refractivity contribution is 7.47. The minimum Gasteiger partial charge on any atom is -0.456 e. The Bertz CT molecular complexity index is 1720. The number of allylic oxidation sites excluding steroid dienone is 11. The van der Waals surface area contributed by atoms with Gasteiger partial charge in [0.2, 0.25) is 5.91 Å². The number of nitrogens with one attached hydrogen (secondary N) is 1. The second kappa shape index (κ2) is 66.4. The predicted octanol–water partition coefficient (Wildman–Crippen LogP) is 23.9. The third kappa shape index (κ3) is 67.7. The number of quaternary nitrogens is 1. The number of hydrogen-bond donors (Lipinski definition) is 2. The van der Waals surface area contributed by atoms with E-state index in [2.05, 4.69) is 86.8 Å². The molecular formula is C77H144N2O7P+. The number of phosphoric acid groups is 1. The molecule has 508 valence electrons. The van der Waals surface area contributed by atoms with Gasteiger partial charge >= 0.3 is 13.8 Å². The Morgan fingerprint density at radius 3 is 1.10 bits per heavy atom. The Labute approximate surface area is 540 Å². The topological polar surface area (TPSA) is 111 Å². The molecule has 0 spiro atoms. The van der Waals surface area contributed by atoms with Crippen molar-refractivity contribution < 1.29 is 37.3 Å². The van der Waals surface area contributed by atoms with E-state index in [1.807, 2.05) is 33.3 Å². The lowest BCUT2D eigenvalue weighted by Crippen LogP contribution is -2.47. The van der Waals surface area contributed by atoms with Crippen LogP contribution in [-0.4, -0.2) is 74.3 Å². The molecule has 1 amide bonds. The van der Waals surface area contributed by atoms with Crippen LogP contribution in [0.5, 0.6) is 0 Å². The first-order valence-electron chi connectivity index (χ1n) is 37.3. The van der Waals surface area contributed by atoms with Gasteiger partial charge in [-0.15, -0.1) is 0 Å². The summed E-state index contributed by atoms with van der Waals surface area (Å²) in [4.78, 5) is 38.0. The maximum Gasteiger partial charge on any atom is 0.472 e. The number of esters is 1. The van der Waals surface area contributed by atoms with Gasteiger partial charge in [0.05, 0.1) is 33.8 Å². The Morgan fingerprint density at radius 2 is 0.736 bits per heavy atom. The van der Waals surface area contributed by atoms with Crippen LogP contribution >= 0.6 is 7.82 Å². The van der Waals surface area contributed by atoms with E-state index in [4.69, 9.17) is 13.8 Å². The van der Waals surface area contributed by atoms with E-state index in [-0.39, 0.29) is 31.5 Å². The molecule has 3 atom stereocenters. The Hall–Kier alpha value is -2.55. The molecule has 0 heterocycles. The van der Waals surface area contributed by atoms with Gasteiger partial charge in [-0.1, -0.05) is 338 Å². The summed E-state index contributed by atoms with van der Waals surface area (Å²) in [5.74, 6) is -0.513. The normalized spacial score (nSPS) is 13.9. The molecular weight excluding hydrogens is 1100 g/mol. The first kappa shape index (κ1) is 84.5. The van der Waals surface area contributed by atoms with Gasteiger partial charge in [0.1, 0.15) is 19.3 Å². The molecule has 3 unspecified atom stereocenters. The van der Waals surface area contributed by atoms with E-state index in [9.17, 15) is 19.0 Å². The largest absolute Gasteiger partial charge is 0.472 e. The van der Waals surface area contributed by atoms with Gasteiger partial charge in [-0.3, -0.25) is 18.6 Å². The highest BCUT2D eigenvalue weighted by Crippen LogP contribution is 2.43. The van der Waals surface area contributed by atoms with E-state index in [1.165, 1.54) is 212 Å². The summed E-state index contributed by atoms with van der Waals surface area (Å²) in [6.07, 6.45) is 87.8. The zero-order valence-electron chi connectivity index (χ0n) is 58.3. The van der Waals surface area contributed by atoms with Crippen molar-refractivity contribution in [1.82, 2.24) is 5.32 Å². The number of unbranched alkanes of at least 4 members (excludes halogenated alkanes) is 42. The first-order chi connectivity index (χ1) is 42.4. The summed E-state index contributed by atoms with van der Waals surface area (Å²) in [5.41, 5.74) is 0. The van der Waals surface area contributed by atoms with Crippen molar-refractivity contribution in [2.24, 2.45) is 0 Å². The van der Waals surface area contributed by atoms with Gasteiger partial charge in [-0.2, -0.15) is 0 Å². The van der Waals surface area contributed by atoms with Gasteiger partial charge in [0.15, 0.2) is 0 Å². The van der Waals surface area contributed by atoms with Crippen molar-refractivity contribution in [3.8, 4) is 0 Å². The van der Waals surface area contributed by atoms with E-state index in [0.29, 0.717) is 17.4 Å². The maximum atomic E-state index is 13.6. The number of likely N-dealkylation sites (N-methyl/N-ethyl adjacent to an activating group) is 1. The molecule has 0 aliphatic heterocycles. The van der Waals surface area contributed by atoms with E-state index in [0.717, 1.165) is 109 Å². The number of ether oxygens (including phenoxy) is 1. The van der Waals surface area contributed by atoms with Crippen molar-refractivity contribution >= 4 is 19.7 Å². The lowest BCUT2D eigenvalue weighted by atomic mass is 10.0.